The number of carbonyl (C=O) groups is 2. The zero-order valence-electron chi connectivity index (χ0n) is 18.8. The van der Waals surface area contributed by atoms with Gasteiger partial charge in [-0.15, -0.1) is 0 Å². The van der Waals surface area contributed by atoms with E-state index in [0.29, 0.717) is 19.3 Å². The molecule has 1 aromatic rings. The molecule has 1 saturated heterocycles. The second-order valence-corrected chi connectivity index (χ2v) is 9.02. The maximum Gasteiger partial charge on any atom is 0.250 e. The number of alkyl halides is 1. The molecule has 3 atom stereocenters. The van der Waals surface area contributed by atoms with Gasteiger partial charge in [0, 0.05) is 36.6 Å². The average molecular weight is 441 g/mol. The highest BCUT2D eigenvalue weighted by molar-refractivity contribution is 6.04. The summed E-state index contributed by atoms with van der Waals surface area (Å²) < 4.78 is 18.4. The summed E-state index contributed by atoms with van der Waals surface area (Å²) in [7, 11) is 0. The van der Waals surface area contributed by atoms with Gasteiger partial charge in [-0.1, -0.05) is 6.07 Å². The maximum absolute atomic E-state index is 13.2. The molecule has 6 nitrogen and oxygen atoms in total. The van der Waals surface area contributed by atoms with E-state index in [4.69, 9.17) is 9.84 Å². The number of hydrogen-bond acceptors (Lipinski definition) is 5. The molecule has 3 heterocycles. The number of amides is 1. The van der Waals surface area contributed by atoms with Crippen LogP contribution in [0.25, 0.3) is 0 Å². The first-order valence-corrected chi connectivity index (χ1v) is 11.8. The molecule has 2 aliphatic heterocycles. The minimum atomic E-state index is -0.460. The lowest BCUT2D eigenvalue weighted by Crippen LogP contribution is -2.34. The molecule has 1 aromatic heterocycles. The third-order valence-corrected chi connectivity index (χ3v) is 6.77. The molecular weight excluding hydrogens is 408 g/mol. The Kier molecular flexibility index (Phi) is 7.45. The number of pyridine rings is 1. The van der Waals surface area contributed by atoms with Crippen LogP contribution < -0.4 is 0 Å². The summed E-state index contributed by atoms with van der Waals surface area (Å²) in [6, 6.07) is 5.76. The van der Waals surface area contributed by atoms with E-state index in [1.54, 1.807) is 18.1 Å². The van der Waals surface area contributed by atoms with Crippen LogP contribution in [-0.4, -0.2) is 46.8 Å². The standard InChI is InChI=1S/C25H32FN3O3/c1-17(30)6-4-7-18-16-23-20-9-5-8-19(32-15-13-26)11-12-21(20)24(28-29(23)25(18)31)22-10-2-3-14-27-22/h2-3,10,14,18-19,21H,4-9,11-13,15-16H2,1H3/i26-1. The number of rotatable bonds is 8. The number of nitrogens with zero attached hydrogens (tertiary/aromatic N) is 3. The Hall–Kier alpha value is -2.41. The minimum absolute atomic E-state index is 0.0362. The Morgan fingerprint density at radius 3 is 2.91 bits per heavy atom. The van der Waals surface area contributed by atoms with Crippen molar-refractivity contribution in [3.05, 3.63) is 41.4 Å². The third kappa shape index (κ3) is 4.98. The molecule has 0 bridgehead atoms. The molecule has 172 valence electrons. The first kappa shape index (κ1) is 22.8. The van der Waals surface area contributed by atoms with Gasteiger partial charge in [-0.2, -0.15) is 5.10 Å². The summed E-state index contributed by atoms with van der Waals surface area (Å²) in [4.78, 5) is 29.1. The van der Waals surface area contributed by atoms with E-state index in [2.05, 4.69) is 4.98 Å². The molecule has 0 radical (unpaired) electrons. The second kappa shape index (κ2) is 10.5. The molecule has 3 aliphatic rings. The number of ether oxygens (including phenoxy) is 1. The summed E-state index contributed by atoms with van der Waals surface area (Å²) in [5.41, 5.74) is 3.99. The van der Waals surface area contributed by atoms with Gasteiger partial charge < -0.3 is 9.53 Å². The van der Waals surface area contributed by atoms with Crippen LogP contribution in [0.3, 0.4) is 0 Å². The Morgan fingerprint density at radius 2 is 2.16 bits per heavy atom. The van der Waals surface area contributed by atoms with Gasteiger partial charge in [0.1, 0.15) is 12.5 Å². The molecule has 1 saturated carbocycles. The number of ketones is 1. The van der Waals surface area contributed by atoms with Crippen LogP contribution in [0.5, 0.6) is 0 Å². The van der Waals surface area contributed by atoms with Crippen LogP contribution in [0.2, 0.25) is 0 Å². The molecule has 0 aromatic carbocycles. The topological polar surface area (TPSA) is 71.9 Å². The van der Waals surface area contributed by atoms with Gasteiger partial charge >= 0.3 is 0 Å². The predicted octanol–water partition coefficient (Wildman–Crippen LogP) is 4.60. The highest BCUT2D eigenvalue weighted by atomic mass is 18.2. The highest BCUT2D eigenvalue weighted by Crippen LogP contribution is 2.43. The summed E-state index contributed by atoms with van der Waals surface area (Å²) in [5, 5.41) is 6.48. The molecule has 32 heavy (non-hydrogen) atoms. The first-order valence-electron chi connectivity index (χ1n) is 11.8. The minimum Gasteiger partial charge on any atom is -0.376 e. The number of hydrazone groups is 1. The first-order chi connectivity index (χ1) is 15.6. The second-order valence-electron chi connectivity index (χ2n) is 9.02. The SMILES string of the molecule is CC(=O)CCCC1CC2=C3CCCC(OCC[18F])CCC3C(c3ccccn3)=NN2C1=O. The number of Topliss-reactive ketones (excluding diaryl/α,β-unsaturated/α-hetero) is 1. The van der Waals surface area contributed by atoms with Crippen LogP contribution in [0.1, 0.15) is 70.4 Å². The van der Waals surface area contributed by atoms with Crippen LogP contribution in [0.15, 0.2) is 40.8 Å². The van der Waals surface area contributed by atoms with Gasteiger partial charge in [0.25, 0.3) is 5.91 Å². The van der Waals surface area contributed by atoms with Crippen LogP contribution in [-0.2, 0) is 14.3 Å². The maximum atomic E-state index is 13.2. The van der Waals surface area contributed by atoms with E-state index in [9.17, 15) is 14.0 Å². The van der Waals surface area contributed by atoms with E-state index in [-0.39, 0.29) is 36.2 Å². The van der Waals surface area contributed by atoms with Gasteiger partial charge in [-0.05, 0) is 69.6 Å². The number of aromatic nitrogens is 1. The Morgan fingerprint density at radius 1 is 1.28 bits per heavy atom. The van der Waals surface area contributed by atoms with Gasteiger partial charge in [-0.3, -0.25) is 9.78 Å². The van der Waals surface area contributed by atoms with E-state index in [0.717, 1.165) is 55.6 Å². The largest absolute Gasteiger partial charge is 0.376 e. The Balaban J connectivity index is 1.62. The molecule has 0 N–H and O–H groups in total. The third-order valence-electron chi connectivity index (χ3n) is 6.77. The molecule has 1 aliphatic carbocycles. The van der Waals surface area contributed by atoms with Crippen LogP contribution >= 0.6 is 0 Å². The molecule has 4 rings (SSSR count). The monoisotopic (exact) mass is 440 g/mol. The lowest BCUT2D eigenvalue weighted by atomic mass is 9.79. The fourth-order valence-corrected chi connectivity index (χ4v) is 5.22. The van der Waals surface area contributed by atoms with E-state index in [1.165, 1.54) is 5.57 Å². The van der Waals surface area contributed by atoms with Gasteiger partial charge in [0.15, 0.2) is 0 Å². The smallest absolute Gasteiger partial charge is 0.250 e. The van der Waals surface area contributed by atoms with E-state index >= 15 is 0 Å². The zero-order chi connectivity index (χ0) is 22.5. The number of carbonyl (C=O) groups excluding carboxylic acids is 2. The molecular formula is C25H32FN3O3. The number of hydrogen-bond donors (Lipinski definition) is 0. The number of fused-ring (bicyclic) bond motifs is 2. The fourth-order valence-electron chi connectivity index (χ4n) is 5.22. The molecule has 3 unspecified atom stereocenters. The Bertz CT molecular complexity index is 899. The van der Waals surface area contributed by atoms with Gasteiger partial charge in [-0.25, -0.2) is 9.40 Å². The zero-order valence-corrected chi connectivity index (χ0v) is 18.8. The fraction of sp³-hybridized carbons (Fsp3) is 0.600. The van der Waals surface area contributed by atoms with Crippen molar-refractivity contribution in [2.24, 2.45) is 16.9 Å². The van der Waals surface area contributed by atoms with Crippen molar-refractivity contribution in [1.82, 2.24) is 9.99 Å². The summed E-state index contributed by atoms with van der Waals surface area (Å²) in [6.07, 6.45) is 8.88. The van der Waals surface area contributed by atoms with Crippen molar-refractivity contribution in [1.29, 1.82) is 0 Å². The van der Waals surface area contributed by atoms with Crippen LogP contribution in [0.4, 0.5) is 4.39 Å². The summed E-state index contributed by atoms with van der Waals surface area (Å²) >= 11 is 0. The molecule has 1 amide bonds. The van der Waals surface area contributed by atoms with Crippen molar-refractivity contribution in [2.45, 2.75) is 70.8 Å². The van der Waals surface area contributed by atoms with Crippen LogP contribution in [0, 0.1) is 11.8 Å². The van der Waals surface area contributed by atoms with Gasteiger partial charge in [0.05, 0.1) is 24.1 Å². The molecule has 0 spiro atoms. The van der Waals surface area contributed by atoms with Crippen molar-refractivity contribution in [3.8, 4) is 0 Å². The Labute approximate surface area is 188 Å². The van der Waals surface area contributed by atoms with Crippen molar-refractivity contribution in [3.63, 3.8) is 0 Å². The summed E-state index contributed by atoms with van der Waals surface area (Å²) in [6.45, 7) is 1.28. The lowest BCUT2D eigenvalue weighted by Gasteiger charge is -2.34. The average Bonchev–Trinajstić information content (AvgIpc) is 3.09. The van der Waals surface area contributed by atoms with Crippen molar-refractivity contribution >= 4 is 17.4 Å². The molecule has 7 heteroatoms. The van der Waals surface area contributed by atoms with E-state index in [1.807, 2.05) is 18.2 Å². The van der Waals surface area contributed by atoms with Crippen molar-refractivity contribution in [2.75, 3.05) is 13.3 Å². The lowest BCUT2D eigenvalue weighted by molar-refractivity contribution is -0.130. The molecule has 2 fully saturated rings. The van der Waals surface area contributed by atoms with E-state index < -0.39 is 6.67 Å². The quantitative estimate of drug-likeness (QED) is 0.592. The number of allylic oxidation sites excluding steroid dienone is 2. The summed E-state index contributed by atoms with van der Waals surface area (Å²) in [5.74, 6) is 0.177. The predicted molar refractivity (Wildman–Crippen MR) is 120 cm³/mol. The van der Waals surface area contributed by atoms with Gasteiger partial charge in [0.2, 0.25) is 0 Å². The normalized spacial score (nSPS) is 25.7. The highest BCUT2D eigenvalue weighted by Gasteiger charge is 2.43. The van der Waals surface area contributed by atoms with Crippen molar-refractivity contribution < 1.29 is 18.7 Å². The number of halogens is 1.